The number of hydrogen-bond acceptors (Lipinski definition) is 2. The monoisotopic (exact) mass is 315 g/mol. The number of nitrogens with one attached hydrogen (secondary N) is 2. The quantitative estimate of drug-likeness (QED) is 0.834. The van der Waals surface area contributed by atoms with Crippen molar-refractivity contribution in [2.75, 3.05) is 25.0 Å². The van der Waals surface area contributed by atoms with E-state index in [1.165, 1.54) is 37.0 Å². The Morgan fingerprint density at radius 2 is 1.96 bits per heavy atom. The fourth-order valence-electron chi connectivity index (χ4n) is 4.20. The SMILES string of the molecule is CC(=O)c1cccc(NC(=O)C[NH+]2CC[C@H]3CCCC[C@@H]3C2)c1. The molecule has 1 aliphatic carbocycles. The lowest BCUT2D eigenvalue weighted by Gasteiger charge is -2.38. The van der Waals surface area contributed by atoms with Crippen molar-refractivity contribution in [2.24, 2.45) is 11.8 Å². The number of carbonyl (C=O) groups excluding carboxylic acids is 2. The molecule has 4 nitrogen and oxygen atoms in total. The molecule has 0 radical (unpaired) electrons. The van der Waals surface area contributed by atoms with Crippen molar-refractivity contribution in [1.29, 1.82) is 0 Å². The number of ketones is 1. The van der Waals surface area contributed by atoms with Crippen LogP contribution in [0.4, 0.5) is 5.69 Å². The predicted octanol–water partition coefficient (Wildman–Crippen LogP) is 1.92. The van der Waals surface area contributed by atoms with E-state index in [2.05, 4.69) is 5.32 Å². The average Bonchev–Trinajstić information content (AvgIpc) is 2.55. The van der Waals surface area contributed by atoms with E-state index < -0.39 is 0 Å². The lowest BCUT2D eigenvalue weighted by molar-refractivity contribution is -0.902. The smallest absolute Gasteiger partial charge is 0.279 e. The van der Waals surface area contributed by atoms with Crippen LogP contribution < -0.4 is 10.2 Å². The molecule has 0 spiro atoms. The summed E-state index contributed by atoms with van der Waals surface area (Å²) in [5, 5.41) is 2.94. The van der Waals surface area contributed by atoms with Gasteiger partial charge in [-0.1, -0.05) is 25.0 Å². The van der Waals surface area contributed by atoms with Crippen LogP contribution in [0.3, 0.4) is 0 Å². The van der Waals surface area contributed by atoms with Gasteiger partial charge in [0, 0.05) is 17.2 Å². The Morgan fingerprint density at radius 3 is 2.74 bits per heavy atom. The first-order chi connectivity index (χ1) is 11.1. The molecule has 2 aliphatic rings. The van der Waals surface area contributed by atoms with Crippen molar-refractivity contribution in [3.05, 3.63) is 29.8 Å². The molecule has 0 bridgehead atoms. The van der Waals surface area contributed by atoms with Crippen LogP contribution in [-0.2, 0) is 4.79 Å². The maximum Gasteiger partial charge on any atom is 0.279 e. The Kier molecular flexibility index (Phi) is 5.11. The average molecular weight is 315 g/mol. The first-order valence-electron chi connectivity index (χ1n) is 8.86. The minimum atomic E-state index is 0.0195. The third-order valence-electron chi connectivity index (χ3n) is 5.45. The molecule has 4 heteroatoms. The number of piperidine rings is 1. The molecule has 1 saturated heterocycles. The Bertz CT molecular complexity index is 584. The largest absolute Gasteiger partial charge is 0.327 e. The molecular weight excluding hydrogens is 288 g/mol. The van der Waals surface area contributed by atoms with Crippen LogP contribution >= 0.6 is 0 Å². The van der Waals surface area contributed by atoms with E-state index in [4.69, 9.17) is 0 Å². The highest BCUT2D eigenvalue weighted by Crippen LogP contribution is 2.32. The zero-order valence-corrected chi connectivity index (χ0v) is 13.9. The van der Waals surface area contributed by atoms with Gasteiger partial charge in [-0.3, -0.25) is 9.59 Å². The van der Waals surface area contributed by atoms with Gasteiger partial charge in [-0.05, 0) is 44.2 Å². The molecule has 1 unspecified atom stereocenters. The van der Waals surface area contributed by atoms with Crippen molar-refractivity contribution < 1.29 is 14.5 Å². The highest BCUT2D eigenvalue weighted by Gasteiger charge is 2.34. The number of quaternary nitrogens is 1. The number of hydrogen-bond donors (Lipinski definition) is 2. The minimum Gasteiger partial charge on any atom is -0.327 e. The maximum absolute atomic E-state index is 12.3. The maximum atomic E-state index is 12.3. The lowest BCUT2D eigenvalue weighted by atomic mass is 9.75. The third-order valence-corrected chi connectivity index (χ3v) is 5.45. The van der Waals surface area contributed by atoms with Gasteiger partial charge in [0.25, 0.3) is 5.91 Å². The number of carbonyl (C=O) groups is 2. The first kappa shape index (κ1) is 16.2. The van der Waals surface area contributed by atoms with Gasteiger partial charge >= 0.3 is 0 Å². The van der Waals surface area contributed by atoms with E-state index in [-0.39, 0.29) is 11.7 Å². The number of Topliss-reactive ketones (excluding diaryl/α,β-unsaturated/α-hetero) is 1. The van der Waals surface area contributed by atoms with Crippen LogP contribution in [0.2, 0.25) is 0 Å². The second-order valence-corrected chi connectivity index (χ2v) is 7.16. The molecule has 1 heterocycles. The number of anilines is 1. The van der Waals surface area contributed by atoms with Crippen molar-refractivity contribution in [1.82, 2.24) is 0 Å². The van der Waals surface area contributed by atoms with Crippen LogP contribution in [0, 0.1) is 11.8 Å². The molecule has 2 N–H and O–H groups in total. The second-order valence-electron chi connectivity index (χ2n) is 7.16. The zero-order valence-electron chi connectivity index (χ0n) is 13.9. The number of benzene rings is 1. The van der Waals surface area contributed by atoms with E-state index in [0.717, 1.165) is 30.6 Å². The Labute approximate surface area is 138 Å². The van der Waals surface area contributed by atoms with Gasteiger partial charge in [-0.15, -0.1) is 0 Å². The standard InChI is InChI=1S/C19H26N2O2/c1-14(22)16-7-4-8-18(11-16)20-19(23)13-21-10-9-15-5-2-3-6-17(15)12-21/h4,7-8,11,15,17H,2-3,5-6,9-10,12-13H2,1H3,(H,20,23)/p+1/t15-,17-/m1/s1. The van der Waals surface area contributed by atoms with E-state index in [9.17, 15) is 9.59 Å². The third kappa shape index (κ3) is 4.20. The van der Waals surface area contributed by atoms with Gasteiger partial charge < -0.3 is 10.2 Å². The molecule has 23 heavy (non-hydrogen) atoms. The van der Waals surface area contributed by atoms with Gasteiger partial charge in [0.15, 0.2) is 12.3 Å². The fraction of sp³-hybridized carbons (Fsp3) is 0.579. The van der Waals surface area contributed by atoms with Crippen LogP contribution in [0.1, 0.15) is 49.4 Å². The van der Waals surface area contributed by atoms with Gasteiger partial charge in [0.05, 0.1) is 13.1 Å². The molecule has 1 amide bonds. The van der Waals surface area contributed by atoms with Crippen molar-refractivity contribution in [3.8, 4) is 0 Å². The van der Waals surface area contributed by atoms with E-state index >= 15 is 0 Å². The Balaban J connectivity index is 1.53. The van der Waals surface area contributed by atoms with E-state index in [1.807, 2.05) is 12.1 Å². The molecule has 1 aliphatic heterocycles. The summed E-state index contributed by atoms with van der Waals surface area (Å²) < 4.78 is 0. The number of likely N-dealkylation sites (tertiary alicyclic amines) is 1. The topological polar surface area (TPSA) is 50.6 Å². The number of amides is 1. The zero-order chi connectivity index (χ0) is 16.2. The van der Waals surface area contributed by atoms with Crippen molar-refractivity contribution in [3.63, 3.8) is 0 Å². The Hall–Kier alpha value is -1.68. The van der Waals surface area contributed by atoms with Gasteiger partial charge in [-0.25, -0.2) is 0 Å². The summed E-state index contributed by atoms with van der Waals surface area (Å²) in [4.78, 5) is 25.1. The summed E-state index contributed by atoms with van der Waals surface area (Å²) in [6.07, 6.45) is 6.76. The van der Waals surface area contributed by atoms with Crippen LogP contribution in [0.15, 0.2) is 24.3 Å². The van der Waals surface area contributed by atoms with E-state index in [0.29, 0.717) is 12.1 Å². The molecule has 1 saturated carbocycles. The summed E-state index contributed by atoms with van der Waals surface area (Å²) in [7, 11) is 0. The lowest BCUT2D eigenvalue weighted by Crippen LogP contribution is -3.15. The molecule has 1 aromatic rings. The van der Waals surface area contributed by atoms with Crippen LogP contribution in [0.5, 0.6) is 0 Å². The summed E-state index contributed by atoms with van der Waals surface area (Å²) in [5.41, 5.74) is 1.35. The highest BCUT2D eigenvalue weighted by molar-refractivity contribution is 5.97. The summed E-state index contributed by atoms with van der Waals surface area (Å²) in [6.45, 7) is 4.33. The number of rotatable bonds is 4. The van der Waals surface area contributed by atoms with Crippen molar-refractivity contribution >= 4 is 17.4 Å². The molecule has 124 valence electrons. The summed E-state index contributed by atoms with van der Waals surface area (Å²) >= 11 is 0. The normalized spacial score (nSPS) is 27.1. The van der Waals surface area contributed by atoms with E-state index in [1.54, 1.807) is 19.1 Å². The molecule has 1 aromatic carbocycles. The van der Waals surface area contributed by atoms with Crippen LogP contribution in [0.25, 0.3) is 0 Å². The van der Waals surface area contributed by atoms with Gasteiger partial charge in [-0.2, -0.15) is 0 Å². The highest BCUT2D eigenvalue weighted by atomic mass is 16.2. The number of fused-ring (bicyclic) bond motifs is 1. The fourth-order valence-corrected chi connectivity index (χ4v) is 4.20. The van der Waals surface area contributed by atoms with Crippen LogP contribution in [-0.4, -0.2) is 31.3 Å². The predicted molar refractivity (Wildman–Crippen MR) is 90.7 cm³/mol. The van der Waals surface area contributed by atoms with Crippen molar-refractivity contribution in [2.45, 2.75) is 39.0 Å². The molecule has 3 atom stereocenters. The summed E-state index contributed by atoms with van der Waals surface area (Å²) in [5.74, 6) is 1.80. The molecule has 0 aromatic heterocycles. The molecular formula is C19H27N2O2+. The first-order valence-corrected chi connectivity index (χ1v) is 8.86. The Morgan fingerprint density at radius 1 is 1.17 bits per heavy atom. The minimum absolute atomic E-state index is 0.0195. The second kappa shape index (κ2) is 7.26. The van der Waals surface area contributed by atoms with Gasteiger partial charge in [0.1, 0.15) is 0 Å². The van der Waals surface area contributed by atoms with Gasteiger partial charge in [0.2, 0.25) is 0 Å². The molecule has 3 rings (SSSR count). The summed E-state index contributed by atoms with van der Waals surface area (Å²) in [6, 6.07) is 7.18. The molecule has 2 fully saturated rings.